The average molecular weight is 453 g/mol. The lowest BCUT2D eigenvalue weighted by molar-refractivity contribution is -0.136. The van der Waals surface area contributed by atoms with Crippen LogP contribution in [-0.2, 0) is 4.79 Å². The van der Waals surface area contributed by atoms with Gasteiger partial charge >= 0.3 is 5.97 Å². The molecule has 5 heteroatoms. The highest BCUT2D eigenvalue weighted by Gasteiger charge is 2.41. The molecule has 3 aromatic carbocycles. The van der Waals surface area contributed by atoms with E-state index in [0.717, 1.165) is 17.7 Å². The Morgan fingerprint density at radius 1 is 0.971 bits per heavy atom. The first-order valence-corrected chi connectivity index (χ1v) is 11.8. The molecule has 1 aliphatic carbocycles. The Balaban J connectivity index is 1.48. The molecule has 0 spiro atoms. The normalized spacial score (nSPS) is 20.3. The Morgan fingerprint density at radius 2 is 1.65 bits per heavy atom. The van der Waals surface area contributed by atoms with Crippen molar-refractivity contribution in [1.29, 1.82) is 0 Å². The minimum absolute atomic E-state index is 0.0896. The molecule has 0 radical (unpaired) electrons. The van der Waals surface area contributed by atoms with Crippen LogP contribution in [-0.4, -0.2) is 29.6 Å². The van der Waals surface area contributed by atoms with Crippen LogP contribution in [0.2, 0.25) is 0 Å². The van der Waals surface area contributed by atoms with E-state index in [0.29, 0.717) is 11.5 Å². The maximum atomic E-state index is 12.6. The van der Waals surface area contributed by atoms with Gasteiger partial charge in [0.25, 0.3) is 5.91 Å². The monoisotopic (exact) mass is 452 g/mol. The third-order valence-corrected chi connectivity index (χ3v) is 6.97. The minimum atomic E-state index is -0.925. The third kappa shape index (κ3) is 4.34. The molecule has 3 atom stereocenters. The molecule has 3 N–H and O–H groups in total. The van der Waals surface area contributed by atoms with Gasteiger partial charge in [-0.3, -0.25) is 9.59 Å². The van der Waals surface area contributed by atoms with Crippen LogP contribution in [0.15, 0.2) is 91.0 Å². The van der Waals surface area contributed by atoms with Gasteiger partial charge in [0.15, 0.2) is 0 Å². The predicted molar refractivity (Wildman–Crippen MR) is 133 cm³/mol. The summed E-state index contributed by atoms with van der Waals surface area (Å²) in [5.74, 6) is -0.379. The molecule has 1 aliphatic heterocycles. The van der Waals surface area contributed by atoms with Gasteiger partial charge in [-0.05, 0) is 47.2 Å². The zero-order valence-electron chi connectivity index (χ0n) is 18.9. The Labute approximate surface area is 199 Å². The fourth-order valence-electron chi connectivity index (χ4n) is 5.42. The van der Waals surface area contributed by atoms with Gasteiger partial charge in [0.05, 0.1) is 6.42 Å². The molecule has 0 saturated carbocycles. The van der Waals surface area contributed by atoms with E-state index in [1.807, 2.05) is 18.2 Å². The number of rotatable bonds is 7. The van der Waals surface area contributed by atoms with Gasteiger partial charge in [-0.25, -0.2) is 0 Å². The second kappa shape index (κ2) is 9.56. The molecule has 1 heterocycles. The molecule has 1 amide bonds. The smallest absolute Gasteiger partial charge is 0.305 e. The summed E-state index contributed by atoms with van der Waals surface area (Å²) in [5, 5.41) is 15.4. The van der Waals surface area contributed by atoms with E-state index in [1.54, 1.807) is 0 Å². The van der Waals surface area contributed by atoms with Crippen LogP contribution < -0.4 is 10.6 Å². The first-order valence-electron chi connectivity index (χ1n) is 11.8. The molecule has 0 fully saturated rings. The van der Waals surface area contributed by atoms with Crippen LogP contribution in [0.25, 0.3) is 0 Å². The number of fused-ring (bicyclic) bond motifs is 3. The summed E-state index contributed by atoms with van der Waals surface area (Å²) >= 11 is 0. The lowest BCUT2D eigenvalue weighted by atomic mass is 9.71. The highest BCUT2D eigenvalue weighted by atomic mass is 16.4. The molecule has 0 aromatic heterocycles. The molecule has 2 aliphatic rings. The third-order valence-electron chi connectivity index (χ3n) is 6.97. The van der Waals surface area contributed by atoms with Gasteiger partial charge in [0.1, 0.15) is 0 Å². The van der Waals surface area contributed by atoms with Gasteiger partial charge in [0.2, 0.25) is 0 Å². The molecular weight excluding hydrogens is 424 g/mol. The van der Waals surface area contributed by atoms with Crippen molar-refractivity contribution in [3.05, 3.63) is 113 Å². The summed E-state index contributed by atoms with van der Waals surface area (Å²) in [4.78, 5) is 23.4. The van der Waals surface area contributed by atoms with E-state index in [9.17, 15) is 9.59 Å². The molecule has 172 valence electrons. The molecule has 5 rings (SSSR count). The second-order valence-electron chi connectivity index (χ2n) is 9.02. The Hall–Kier alpha value is -3.86. The molecule has 3 aromatic rings. The van der Waals surface area contributed by atoms with Crippen molar-refractivity contribution in [2.45, 2.75) is 30.7 Å². The number of anilines is 1. The Kier molecular flexibility index (Phi) is 6.17. The van der Waals surface area contributed by atoms with Crippen LogP contribution in [0.1, 0.15) is 51.7 Å². The number of allylic oxidation sites excluding steroid dienone is 2. The minimum Gasteiger partial charge on any atom is -0.481 e. The summed E-state index contributed by atoms with van der Waals surface area (Å²) in [6.45, 7) is 0.118. The second-order valence-corrected chi connectivity index (χ2v) is 9.02. The van der Waals surface area contributed by atoms with Crippen LogP contribution in [0.3, 0.4) is 0 Å². The first kappa shape index (κ1) is 22.0. The summed E-state index contributed by atoms with van der Waals surface area (Å²) in [5.41, 5.74) is 5.31. The highest BCUT2D eigenvalue weighted by Crippen LogP contribution is 2.49. The topological polar surface area (TPSA) is 78.4 Å². The fraction of sp³-hybridized carbons (Fsp3) is 0.241. The first-order chi connectivity index (χ1) is 16.6. The van der Waals surface area contributed by atoms with Gasteiger partial charge in [0, 0.05) is 35.7 Å². The van der Waals surface area contributed by atoms with Crippen LogP contribution in [0.5, 0.6) is 0 Å². The number of carbonyl (C=O) groups is 2. The van der Waals surface area contributed by atoms with E-state index < -0.39 is 5.97 Å². The number of hydrogen-bond acceptors (Lipinski definition) is 3. The zero-order chi connectivity index (χ0) is 23.5. The van der Waals surface area contributed by atoms with Crippen LogP contribution >= 0.6 is 0 Å². The predicted octanol–water partition coefficient (Wildman–Crippen LogP) is 5.18. The number of carboxylic acid groups (broad SMARTS) is 1. The van der Waals surface area contributed by atoms with E-state index in [2.05, 4.69) is 83.4 Å². The Morgan fingerprint density at radius 3 is 2.29 bits per heavy atom. The number of hydrogen-bond donors (Lipinski definition) is 3. The maximum absolute atomic E-state index is 12.6. The zero-order valence-corrected chi connectivity index (χ0v) is 18.9. The molecule has 5 nitrogen and oxygen atoms in total. The molecular formula is C29H28N2O3. The van der Waals surface area contributed by atoms with Crippen molar-refractivity contribution in [1.82, 2.24) is 5.32 Å². The van der Waals surface area contributed by atoms with Crippen molar-refractivity contribution in [2.24, 2.45) is 5.92 Å². The highest BCUT2D eigenvalue weighted by molar-refractivity contribution is 5.95. The molecule has 34 heavy (non-hydrogen) atoms. The molecule has 0 bridgehead atoms. The van der Waals surface area contributed by atoms with Crippen LogP contribution in [0.4, 0.5) is 5.69 Å². The van der Waals surface area contributed by atoms with Gasteiger partial charge < -0.3 is 15.7 Å². The summed E-state index contributed by atoms with van der Waals surface area (Å²) in [6.07, 6.45) is 5.42. The number of amides is 1. The number of benzene rings is 3. The van der Waals surface area contributed by atoms with E-state index in [1.165, 1.54) is 11.1 Å². The van der Waals surface area contributed by atoms with Gasteiger partial charge in [-0.1, -0.05) is 72.8 Å². The lowest BCUT2D eigenvalue weighted by Crippen LogP contribution is -2.41. The van der Waals surface area contributed by atoms with E-state index in [-0.39, 0.29) is 36.8 Å². The van der Waals surface area contributed by atoms with Crippen molar-refractivity contribution in [3.63, 3.8) is 0 Å². The number of carboxylic acids is 1. The van der Waals surface area contributed by atoms with Crippen molar-refractivity contribution < 1.29 is 14.7 Å². The van der Waals surface area contributed by atoms with Gasteiger partial charge in [-0.2, -0.15) is 0 Å². The fourth-order valence-corrected chi connectivity index (χ4v) is 5.42. The van der Waals surface area contributed by atoms with Crippen molar-refractivity contribution >= 4 is 17.6 Å². The summed E-state index contributed by atoms with van der Waals surface area (Å²) in [7, 11) is 0. The largest absolute Gasteiger partial charge is 0.481 e. The standard InChI is InChI=1S/C29H28N2O3/c32-26(33)16-17-30-29(34)21-14-15-25-24(18-21)22-12-7-13-23(22)28(31-25)27(19-8-3-1-4-9-19)20-10-5-2-6-11-20/h1-12,14-15,18,22-23,27-28,31H,13,16-17H2,(H,30,34)(H,32,33)/t22-,23+,28-/m1/s1. The number of aliphatic carboxylic acids is 1. The summed E-state index contributed by atoms with van der Waals surface area (Å²) in [6, 6.07) is 27.3. The Bertz CT molecular complexity index is 1170. The van der Waals surface area contributed by atoms with E-state index >= 15 is 0 Å². The number of nitrogens with one attached hydrogen (secondary N) is 2. The lowest BCUT2D eigenvalue weighted by Gasteiger charge is -2.42. The molecule has 0 unspecified atom stereocenters. The SMILES string of the molecule is O=C(O)CCNC(=O)c1ccc2c(c1)[C@@H]1C=CC[C@@H]1[C@H](C(c1ccccc1)c1ccccc1)N2. The van der Waals surface area contributed by atoms with Crippen molar-refractivity contribution in [2.75, 3.05) is 11.9 Å². The van der Waals surface area contributed by atoms with Crippen molar-refractivity contribution in [3.8, 4) is 0 Å². The quantitative estimate of drug-likeness (QED) is 0.432. The maximum Gasteiger partial charge on any atom is 0.305 e. The average Bonchev–Trinajstić information content (AvgIpc) is 3.36. The van der Waals surface area contributed by atoms with Crippen LogP contribution in [0, 0.1) is 5.92 Å². The van der Waals surface area contributed by atoms with Gasteiger partial charge in [-0.15, -0.1) is 0 Å². The number of carbonyl (C=O) groups excluding carboxylic acids is 1. The summed E-state index contributed by atoms with van der Waals surface area (Å²) < 4.78 is 0. The molecule has 0 saturated heterocycles. The van der Waals surface area contributed by atoms with E-state index in [4.69, 9.17) is 5.11 Å².